The van der Waals surface area contributed by atoms with Gasteiger partial charge in [-0.15, -0.1) is 11.3 Å². The summed E-state index contributed by atoms with van der Waals surface area (Å²) in [5, 5.41) is 15.1. The first-order valence-corrected chi connectivity index (χ1v) is 14.9. The molecule has 42 heavy (non-hydrogen) atoms. The summed E-state index contributed by atoms with van der Waals surface area (Å²) in [6, 6.07) is 22.5. The molecule has 0 aliphatic rings. The van der Waals surface area contributed by atoms with E-state index in [1.54, 1.807) is 60.9 Å². The number of nitrogens with zero attached hydrogens (tertiary/aromatic N) is 4. The van der Waals surface area contributed by atoms with Crippen molar-refractivity contribution in [2.45, 2.75) is 14.3 Å². The largest absolute Gasteiger partial charge is 0.465 e. The summed E-state index contributed by atoms with van der Waals surface area (Å²) < 4.78 is 6.36. The maximum atomic E-state index is 12.5. The van der Waals surface area contributed by atoms with Gasteiger partial charge < -0.3 is 10.1 Å². The third kappa shape index (κ3) is 7.18. The van der Waals surface area contributed by atoms with Crippen molar-refractivity contribution in [3.63, 3.8) is 0 Å². The molecule has 2 aromatic heterocycles. The van der Waals surface area contributed by atoms with Crippen LogP contribution in [0.25, 0.3) is 10.2 Å². The number of nitrogens with one attached hydrogen (secondary N) is 1. The molecule has 3 aromatic carbocycles. The summed E-state index contributed by atoms with van der Waals surface area (Å²) >= 11 is 3.94. The number of pyridine rings is 1. The van der Waals surface area contributed by atoms with Crippen LogP contribution >= 0.6 is 34.9 Å². The van der Waals surface area contributed by atoms with Crippen LogP contribution in [0.5, 0.6) is 0 Å². The van der Waals surface area contributed by atoms with Crippen molar-refractivity contribution in [1.82, 2.24) is 9.97 Å². The van der Waals surface area contributed by atoms with Crippen molar-refractivity contribution in [3.8, 4) is 0 Å². The minimum Gasteiger partial charge on any atom is -0.465 e. The Labute approximate surface area is 252 Å². The first-order valence-electron chi connectivity index (χ1n) is 12.3. The fraction of sp³-hybridized carbons (Fsp3) is 0.0690. The zero-order chi connectivity index (χ0) is 29.5. The average molecular weight is 616 g/mol. The molecule has 0 fully saturated rings. The lowest BCUT2D eigenvalue weighted by atomic mass is 10.2. The molecular weight excluding hydrogens is 595 g/mol. The molecule has 0 unspecified atom stereocenters. The normalized spacial score (nSPS) is 11.1. The van der Waals surface area contributed by atoms with E-state index in [1.165, 1.54) is 48.0 Å². The second-order valence-electron chi connectivity index (χ2n) is 8.52. The molecule has 0 saturated carbocycles. The SMILES string of the molecule is COC(=O)c1ccccc1NC(=O)CSc1nc2ccc(N=Cc3ccc(Sc4ccccn4)c([N+](=O)[O-])c3)cc2s1. The number of anilines is 1. The van der Waals surface area contributed by atoms with E-state index < -0.39 is 10.9 Å². The maximum absolute atomic E-state index is 12.5. The van der Waals surface area contributed by atoms with Gasteiger partial charge in [0.1, 0.15) is 5.03 Å². The molecule has 13 heteroatoms. The van der Waals surface area contributed by atoms with Gasteiger partial charge in [-0.1, -0.05) is 47.8 Å². The van der Waals surface area contributed by atoms with Crippen LogP contribution in [0, 0.1) is 10.1 Å². The quantitative estimate of drug-likeness (QED) is 0.0578. The maximum Gasteiger partial charge on any atom is 0.339 e. The van der Waals surface area contributed by atoms with Gasteiger partial charge in [0.25, 0.3) is 5.69 Å². The van der Waals surface area contributed by atoms with Gasteiger partial charge in [0.2, 0.25) is 5.91 Å². The highest BCUT2D eigenvalue weighted by Crippen LogP contribution is 2.35. The number of aromatic nitrogens is 2. The second-order valence-corrected chi connectivity index (χ2v) is 11.8. The van der Waals surface area contributed by atoms with Crippen LogP contribution in [0.2, 0.25) is 0 Å². The third-order valence-electron chi connectivity index (χ3n) is 5.68. The van der Waals surface area contributed by atoms with Gasteiger partial charge in [0, 0.05) is 18.5 Å². The molecular formula is C29H21N5O5S3. The second kappa shape index (κ2) is 13.4. The molecule has 0 aliphatic heterocycles. The van der Waals surface area contributed by atoms with Crippen molar-refractivity contribution in [2.24, 2.45) is 4.99 Å². The van der Waals surface area contributed by atoms with Gasteiger partial charge in [-0.2, -0.15) is 0 Å². The van der Waals surface area contributed by atoms with E-state index in [0.717, 1.165) is 10.2 Å². The van der Waals surface area contributed by atoms with Gasteiger partial charge in [0.15, 0.2) is 4.34 Å². The topological polar surface area (TPSA) is 137 Å². The minimum absolute atomic E-state index is 0.0213. The number of esters is 1. The molecule has 0 saturated heterocycles. The Hall–Kier alpha value is -4.59. The molecule has 1 amide bonds. The van der Waals surface area contributed by atoms with E-state index in [2.05, 4.69) is 20.3 Å². The Bertz CT molecular complexity index is 1810. The number of nitro benzene ring substituents is 1. The Kier molecular flexibility index (Phi) is 9.21. The number of rotatable bonds is 10. The number of thiazole rings is 1. The zero-order valence-corrected chi connectivity index (χ0v) is 24.4. The summed E-state index contributed by atoms with van der Waals surface area (Å²) in [6.45, 7) is 0. The van der Waals surface area contributed by atoms with Crippen molar-refractivity contribution < 1.29 is 19.2 Å². The number of amides is 1. The highest BCUT2D eigenvalue weighted by molar-refractivity contribution is 8.01. The predicted octanol–water partition coefficient (Wildman–Crippen LogP) is 7.02. The van der Waals surface area contributed by atoms with E-state index in [0.29, 0.717) is 31.2 Å². The molecule has 5 rings (SSSR count). The van der Waals surface area contributed by atoms with Gasteiger partial charge in [-0.3, -0.25) is 19.9 Å². The zero-order valence-electron chi connectivity index (χ0n) is 21.9. The molecule has 0 bridgehead atoms. The Balaban J connectivity index is 1.24. The number of benzene rings is 3. The number of hydrogen-bond donors (Lipinski definition) is 1. The number of fused-ring (bicyclic) bond motifs is 1. The number of thioether (sulfide) groups is 1. The summed E-state index contributed by atoms with van der Waals surface area (Å²) in [5.74, 6) is -0.703. The summed E-state index contributed by atoms with van der Waals surface area (Å²) in [6.07, 6.45) is 3.22. The number of nitro groups is 1. The Morgan fingerprint density at radius 2 is 1.93 bits per heavy atom. The van der Waals surface area contributed by atoms with Crippen LogP contribution in [0.15, 0.2) is 104 Å². The van der Waals surface area contributed by atoms with Gasteiger partial charge in [-0.05, 0) is 54.1 Å². The highest BCUT2D eigenvalue weighted by atomic mass is 32.2. The number of aliphatic imine (C=N–C) groups is 1. The van der Waals surface area contributed by atoms with Crippen molar-refractivity contribution in [2.75, 3.05) is 18.2 Å². The number of methoxy groups -OCH3 is 1. The lowest BCUT2D eigenvalue weighted by Crippen LogP contribution is -2.17. The average Bonchev–Trinajstić information content (AvgIpc) is 3.42. The van der Waals surface area contributed by atoms with Crippen LogP contribution in [0.1, 0.15) is 15.9 Å². The van der Waals surface area contributed by atoms with Gasteiger partial charge in [0.05, 0.1) is 49.8 Å². The minimum atomic E-state index is -0.530. The number of carbonyl (C=O) groups is 2. The fourth-order valence-corrected chi connectivity index (χ4v) is 6.50. The molecule has 10 nitrogen and oxygen atoms in total. The standard InChI is InChI=1S/C29H21N5O5S3/c1-39-28(36)20-6-2-3-7-21(20)32-26(35)17-40-29-33-22-11-10-19(15-25(22)42-29)31-16-18-9-12-24(23(14-18)34(37)38)41-27-8-4-5-13-30-27/h2-16H,17H2,1H3,(H,32,35). The van der Waals surface area contributed by atoms with Crippen LogP contribution < -0.4 is 5.32 Å². The Morgan fingerprint density at radius 3 is 2.71 bits per heavy atom. The monoisotopic (exact) mass is 615 g/mol. The Morgan fingerprint density at radius 1 is 1.10 bits per heavy atom. The van der Waals surface area contributed by atoms with E-state index in [-0.39, 0.29) is 22.9 Å². The molecule has 0 radical (unpaired) electrons. The van der Waals surface area contributed by atoms with Crippen LogP contribution in [-0.4, -0.2) is 45.8 Å². The molecule has 0 atom stereocenters. The van der Waals surface area contributed by atoms with E-state index in [9.17, 15) is 19.7 Å². The van der Waals surface area contributed by atoms with E-state index in [1.807, 2.05) is 24.3 Å². The van der Waals surface area contributed by atoms with Crippen LogP contribution in [0.3, 0.4) is 0 Å². The first-order chi connectivity index (χ1) is 20.4. The summed E-state index contributed by atoms with van der Waals surface area (Å²) in [5.41, 5.74) is 2.66. The van der Waals surface area contributed by atoms with Crippen LogP contribution in [0.4, 0.5) is 17.1 Å². The molecule has 0 spiro atoms. The number of ether oxygens (including phenoxy) is 1. The molecule has 2 heterocycles. The molecule has 1 N–H and O–H groups in total. The number of para-hydroxylation sites is 1. The molecule has 5 aromatic rings. The first kappa shape index (κ1) is 28.9. The summed E-state index contributed by atoms with van der Waals surface area (Å²) in [7, 11) is 1.29. The van der Waals surface area contributed by atoms with Crippen LogP contribution in [-0.2, 0) is 9.53 Å². The smallest absolute Gasteiger partial charge is 0.339 e. The van der Waals surface area contributed by atoms with Crippen molar-refractivity contribution >= 4 is 80.2 Å². The number of hydrogen-bond acceptors (Lipinski definition) is 11. The number of carbonyl (C=O) groups excluding carboxylic acids is 2. The van der Waals surface area contributed by atoms with Gasteiger partial charge >= 0.3 is 5.97 Å². The summed E-state index contributed by atoms with van der Waals surface area (Å²) in [4.78, 5) is 49.6. The third-order valence-corrected chi connectivity index (χ3v) is 8.86. The van der Waals surface area contributed by atoms with Crippen molar-refractivity contribution in [1.29, 1.82) is 0 Å². The molecule has 0 aliphatic carbocycles. The highest BCUT2D eigenvalue weighted by Gasteiger charge is 2.17. The molecule has 210 valence electrons. The predicted molar refractivity (Wildman–Crippen MR) is 165 cm³/mol. The fourth-order valence-electron chi connectivity index (χ4n) is 3.74. The van der Waals surface area contributed by atoms with Crippen molar-refractivity contribution in [3.05, 3.63) is 106 Å². The van der Waals surface area contributed by atoms with E-state index >= 15 is 0 Å². The lowest BCUT2D eigenvalue weighted by Gasteiger charge is -2.08. The lowest BCUT2D eigenvalue weighted by molar-refractivity contribution is -0.387. The van der Waals surface area contributed by atoms with E-state index in [4.69, 9.17) is 4.74 Å². The van der Waals surface area contributed by atoms with Gasteiger partial charge in [-0.25, -0.2) is 14.8 Å².